The number of rotatable bonds is 5. The minimum absolute atomic E-state index is 0.241. The molecule has 0 aromatic carbocycles. The van der Waals surface area contributed by atoms with E-state index in [9.17, 15) is 4.79 Å². The van der Waals surface area contributed by atoms with Gasteiger partial charge in [-0.05, 0) is 61.7 Å². The second kappa shape index (κ2) is 8.67. The van der Waals surface area contributed by atoms with Gasteiger partial charge >= 0.3 is 0 Å². The van der Waals surface area contributed by atoms with Gasteiger partial charge in [-0.2, -0.15) is 0 Å². The van der Waals surface area contributed by atoms with Crippen LogP contribution in [0.5, 0.6) is 0 Å². The first-order chi connectivity index (χ1) is 13.4. The molecule has 0 atom stereocenters. The maximum atomic E-state index is 12.6. The second-order valence-corrected chi connectivity index (χ2v) is 6.98. The molecule has 1 aromatic heterocycles. The number of nitrogens with one attached hydrogen (secondary N) is 2. The molecule has 1 aromatic rings. The molecule has 0 radical (unpaired) electrons. The van der Waals surface area contributed by atoms with Gasteiger partial charge in [0.25, 0.3) is 5.91 Å². The standard InChI is InChI=1S/C23H26N4O/c1-16(2)17(3)14-27-15-21(7-5-18(27)4)26-23(28)22-8-6-20(13-25-22)19-9-11-24-12-10-19/h5-9,13-15,24H,1,4,10-12H2,2-3H3,(H,26,28). The summed E-state index contributed by atoms with van der Waals surface area (Å²) in [5.74, 6) is -0.241. The molecule has 3 rings (SSSR count). The van der Waals surface area contributed by atoms with E-state index < -0.39 is 0 Å². The molecule has 28 heavy (non-hydrogen) atoms. The Bertz CT molecular complexity index is 916. The van der Waals surface area contributed by atoms with Crippen molar-refractivity contribution in [1.82, 2.24) is 20.5 Å². The molecule has 5 nitrogen and oxygen atoms in total. The Morgan fingerprint density at radius 3 is 2.79 bits per heavy atom. The third kappa shape index (κ3) is 4.75. The first-order valence-corrected chi connectivity index (χ1v) is 9.33. The molecule has 144 valence electrons. The van der Waals surface area contributed by atoms with Crippen LogP contribution in [0, 0.1) is 0 Å². The number of allylic oxidation sites excluding steroid dienone is 4. The molecule has 3 heterocycles. The SMILES string of the molecule is C=C(C)C(C)=CN1C=C(NC(=O)c2ccc(C3=CCNCC3)cn2)C=CC1=C. The monoisotopic (exact) mass is 374 g/mol. The number of hydrogen-bond acceptors (Lipinski definition) is 4. The highest BCUT2D eigenvalue weighted by Crippen LogP contribution is 2.20. The molecule has 2 aliphatic rings. The van der Waals surface area contributed by atoms with Crippen LogP contribution in [0.2, 0.25) is 0 Å². The highest BCUT2D eigenvalue weighted by atomic mass is 16.1. The van der Waals surface area contributed by atoms with Crippen molar-refractivity contribution in [2.45, 2.75) is 20.3 Å². The molecule has 5 heteroatoms. The molecular weight excluding hydrogens is 348 g/mol. The minimum atomic E-state index is -0.241. The lowest BCUT2D eigenvalue weighted by Crippen LogP contribution is -2.26. The Labute approximate surface area is 166 Å². The number of nitrogens with zero attached hydrogens (tertiary/aromatic N) is 2. The third-order valence-corrected chi connectivity index (χ3v) is 4.76. The maximum absolute atomic E-state index is 12.6. The summed E-state index contributed by atoms with van der Waals surface area (Å²) >= 11 is 0. The molecule has 0 unspecified atom stereocenters. The van der Waals surface area contributed by atoms with Crippen LogP contribution in [0.3, 0.4) is 0 Å². The number of carbonyl (C=O) groups is 1. The Morgan fingerprint density at radius 2 is 2.14 bits per heavy atom. The predicted octanol–water partition coefficient (Wildman–Crippen LogP) is 3.89. The van der Waals surface area contributed by atoms with Gasteiger partial charge in [0.05, 0.1) is 5.70 Å². The average molecular weight is 374 g/mol. The van der Waals surface area contributed by atoms with Crippen LogP contribution in [0.25, 0.3) is 5.57 Å². The van der Waals surface area contributed by atoms with Crippen LogP contribution in [-0.2, 0) is 0 Å². The van der Waals surface area contributed by atoms with E-state index in [1.165, 1.54) is 5.57 Å². The minimum Gasteiger partial charge on any atom is -0.322 e. The summed E-state index contributed by atoms with van der Waals surface area (Å²) in [5.41, 5.74) is 6.24. The predicted molar refractivity (Wildman–Crippen MR) is 114 cm³/mol. The van der Waals surface area contributed by atoms with Gasteiger partial charge < -0.3 is 15.5 Å². The molecule has 1 amide bonds. The number of hydrogen-bond donors (Lipinski definition) is 2. The van der Waals surface area contributed by atoms with Gasteiger partial charge in [-0.25, -0.2) is 0 Å². The Kier molecular flexibility index (Phi) is 6.06. The van der Waals surface area contributed by atoms with Crippen molar-refractivity contribution in [2.75, 3.05) is 13.1 Å². The summed E-state index contributed by atoms with van der Waals surface area (Å²) in [6, 6.07) is 3.72. The Hall–Kier alpha value is -3.18. The molecule has 0 spiro atoms. The highest BCUT2D eigenvalue weighted by Gasteiger charge is 2.13. The molecule has 2 N–H and O–H groups in total. The molecule has 0 fully saturated rings. The summed E-state index contributed by atoms with van der Waals surface area (Å²) in [4.78, 5) is 18.8. The molecule has 2 aliphatic heterocycles. The first-order valence-electron chi connectivity index (χ1n) is 9.33. The third-order valence-electron chi connectivity index (χ3n) is 4.76. The Balaban J connectivity index is 1.70. The van der Waals surface area contributed by atoms with Gasteiger partial charge in [0.15, 0.2) is 0 Å². The van der Waals surface area contributed by atoms with Crippen molar-refractivity contribution in [3.8, 4) is 0 Å². The van der Waals surface area contributed by atoms with E-state index in [4.69, 9.17) is 0 Å². The first kappa shape index (κ1) is 19.6. The van der Waals surface area contributed by atoms with Crippen molar-refractivity contribution in [3.63, 3.8) is 0 Å². The fourth-order valence-corrected chi connectivity index (χ4v) is 2.86. The van der Waals surface area contributed by atoms with E-state index in [2.05, 4.69) is 34.9 Å². The number of pyridine rings is 1. The van der Waals surface area contributed by atoms with Crippen molar-refractivity contribution in [1.29, 1.82) is 0 Å². The lowest BCUT2D eigenvalue weighted by Gasteiger charge is -2.22. The van der Waals surface area contributed by atoms with Crippen LogP contribution in [0.1, 0.15) is 36.3 Å². The van der Waals surface area contributed by atoms with Gasteiger partial charge in [-0.1, -0.05) is 30.9 Å². The zero-order chi connectivity index (χ0) is 20.1. The normalized spacial score (nSPS) is 17.1. The summed E-state index contributed by atoms with van der Waals surface area (Å²) in [7, 11) is 0. The summed E-state index contributed by atoms with van der Waals surface area (Å²) in [6.07, 6.45) is 12.4. The quantitative estimate of drug-likeness (QED) is 0.768. The van der Waals surface area contributed by atoms with Gasteiger partial charge in [-0.15, -0.1) is 0 Å². The molecule has 0 saturated carbocycles. The molecule has 0 saturated heterocycles. The summed E-state index contributed by atoms with van der Waals surface area (Å²) < 4.78 is 0. The van der Waals surface area contributed by atoms with E-state index in [1.807, 2.05) is 49.4 Å². The Morgan fingerprint density at radius 1 is 1.32 bits per heavy atom. The topological polar surface area (TPSA) is 57.3 Å². The zero-order valence-electron chi connectivity index (χ0n) is 16.5. The van der Waals surface area contributed by atoms with Crippen LogP contribution in [-0.4, -0.2) is 28.9 Å². The van der Waals surface area contributed by atoms with Crippen molar-refractivity contribution < 1.29 is 4.79 Å². The molecule has 0 aliphatic carbocycles. The van der Waals surface area contributed by atoms with Crippen LogP contribution in [0.4, 0.5) is 0 Å². The van der Waals surface area contributed by atoms with Crippen molar-refractivity contribution in [2.24, 2.45) is 0 Å². The van der Waals surface area contributed by atoms with Crippen molar-refractivity contribution >= 4 is 11.5 Å². The van der Waals surface area contributed by atoms with Crippen LogP contribution in [0.15, 0.2) is 84.7 Å². The number of carbonyl (C=O) groups excluding carboxylic acids is 1. The fraction of sp³-hybridized carbons (Fsp3) is 0.217. The van der Waals surface area contributed by atoms with Gasteiger partial charge in [0, 0.05) is 30.8 Å². The van der Waals surface area contributed by atoms with Gasteiger partial charge in [0.1, 0.15) is 5.69 Å². The fourth-order valence-electron chi connectivity index (χ4n) is 2.86. The number of amides is 1. The van der Waals surface area contributed by atoms with E-state index in [0.717, 1.165) is 41.9 Å². The molecular formula is C23H26N4O. The van der Waals surface area contributed by atoms with Crippen molar-refractivity contribution in [3.05, 3.63) is 95.9 Å². The molecule has 0 bridgehead atoms. The van der Waals surface area contributed by atoms with Gasteiger partial charge in [-0.3, -0.25) is 9.78 Å². The lowest BCUT2D eigenvalue weighted by molar-refractivity contribution is 0.0961. The zero-order valence-corrected chi connectivity index (χ0v) is 16.5. The largest absolute Gasteiger partial charge is 0.322 e. The van der Waals surface area contributed by atoms with E-state index >= 15 is 0 Å². The van der Waals surface area contributed by atoms with Crippen LogP contribution < -0.4 is 10.6 Å². The summed E-state index contributed by atoms with van der Waals surface area (Å²) in [5, 5.41) is 6.19. The second-order valence-electron chi connectivity index (χ2n) is 6.98. The smallest absolute Gasteiger partial charge is 0.274 e. The highest BCUT2D eigenvalue weighted by molar-refractivity contribution is 5.94. The average Bonchev–Trinajstić information content (AvgIpc) is 2.71. The van der Waals surface area contributed by atoms with Crippen LogP contribution >= 0.6 is 0 Å². The van der Waals surface area contributed by atoms with E-state index in [0.29, 0.717) is 11.4 Å². The number of aromatic nitrogens is 1. The maximum Gasteiger partial charge on any atom is 0.274 e. The van der Waals surface area contributed by atoms with E-state index in [-0.39, 0.29) is 5.91 Å². The lowest BCUT2D eigenvalue weighted by atomic mass is 10.0. The summed E-state index contributed by atoms with van der Waals surface area (Å²) in [6.45, 7) is 13.7. The van der Waals surface area contributed by atoms with Gasteiger partial charge in [0.2, 0.25) is 0 Å². The van der Waals surface area contributed by atoms with E-state index in [1.54, 1.807) is 12.3 Å².